The standard InChI is InChI=1S/C25H25FIN5O4/c1-13-21(36-17-6-4-5-16(12-17)30-25(35)28-2)20(23(33)29-15-8-9-15)22(32(3)24(13)34)31-19-10-7-14(27)11-18(19)26/h4-7,10-12,15,31H,8-9H2,1-3H3,(H,29,33)(H2,28,30,35). The van der Waals surface area contributed by atoms with Gasteiger partial charge in [-0.15, -0.1) is 0 Å². The predicted octanol–water partition coefficient (Wildman–Crippen LogP) is 4.62. The van der Waals surface area contributed by atoms with Crippen molar-refractivity contribution in [3.63, 3.8) is 0 Å². The van der Waals surface area contributed by atoms with E-state index in [1.807, 2.05) is 22.6 Å². The summed E-state index contributed by atoms with van der Waals surface area (Å²) in [5.74, 6) is -0.537. The molecule has 1 saturated carbocycles. The molecule has 36 heavy (non-hydrogen) atoms. The number of hydrogen-bond acceptors (Lipinski definition) is 5. The summed E-state index contributed by atoms with van der Waals surface area (Å²) in [6.45, 7) is 1.56. The van der Waals surface area contributed by atoms with Crippen LogP contribution in [0.15, 0.2) is 47.3 Å². The molecule has 1 heterocycles. The normalized spacial score (nSPS) is 12.6. The van der Waals surface area contributed by atoms with E-state index in [-0.39, 0.29) is 34.4 Å². The Labute approximate surface area is 220 Å². The molecule has 1 fully saturated rings. The number of nitrogens with one attached hydrogen (secondary N) is 4. The number of nitrogens with zero attached hydrogens (tertiary/aromatic N) is 1. The molecule has 1 aromatic heterocycles. The Morgan fingerprint density at radius 2 is 1.92 bits per heavy atom. The summed E-state index contributed by atoms with van der Waals surface area (Å²) in [5.41, 5.74) is 0.427. The number of amides is 3. The van der Waals surface area contributed by atoms with Crippen molar-refractivity contribution >= 4 is 51.7 Å². The molecule has 0 saturated heterocycles. The molecule has 0 aliphatic heterocycles. The molecule has 9 nitrogen and oxygen atoms in total. The lowest BCUT2D eigenvalue weighted by Gasteiger charge is -2.21. The van der Waals surface area contributed by atoms with Crippen molar-refractivity contribution in [3.05, 3.63) is 73.3 Å². The molecule has 0 spiro atoms. The second-order valence-corrected chi connectivity index (χ2v) is 9.62. The Morgan fingerprint density at radius 1 is 1.17 bits per heavy atom. The highest BCUT2D eigenvalue weighted by molar-refractivity contribution is 14.1. The molecule has 4 N–H and O–H groups in total. The first-order chi connectivity index (χ1) is 17.2. The van der Waals surface area contributed by atoms with Crippen LogP contribution in [0.1, 0.15) is 28.8 Å². The maximum absolute atomic E-state index is 14.7. The molecule has 4 rings (SSSR count). The van der Waals surface area contributed by atoms with Crippen molar-refractivity contribution in [3.8, 4) is 11.5 Å². The Kier molecular flexibility index (Phi) is 7.48. The summed E-state index contributed by atoms with van der Waals surface area (Å²) in [6, 6.07) is 10.8. The third-order valence-electron chi connectivity index (χ3n) is 5.63. The van der Waals surface area contributed by atoms with E-state index in [9.17, 15) is 18.8 Å². The van der Waals surface area contributed by atoms with Gasteiger partial charge in [-0.3, -0.25) is 14.2 Å². The van der Waals surface area contributed by atoms with Crippen LogP contribution in [0.4, 0.5) is 26.4 Å². The lowest BCUT2D eigenvalue weighted by molar-refractivity contribution is 0.0948. The highest BCUT2D eigenvalue weighted by Gasteiger charge is 2.30. The van der Waals surface area contributed by atoms with Gasteiger partial charge in [0.05, 0.1) is 11.3 Å². The Hall–Kier alpha value is -3.61. The van der Waals surface area contributed by atoms with E-state index in [4.69, 9.17) is 4.74 Å². The van der Waals surface area contributed by atoms with Gasteiger partial charge < -0.3 is 26.0 Å². The van der Waals surface area contributed by atoms with Crippen molar-refractivity contribution in [1.29, 1.82) is 0 Å². The number of hydrogen-bond donors (Lipinski definition) is 4. The largest absolute Gasteiger partial charge is 0.456 e. The second-order valence-electron chi connectivity index (χ2n) is 8.37. The zero-order valence-corrected chi connectivity index (χ0v) is 22.0. The monoisotopic (exact) mass is 605 g/mol. The molecule has 0 unspecified atom stereocenters. The van der Waals surface area contributed by atoms with E-state index in [1.54, 1.807) is 43.3 Å². The van der Waals surface area contributed by atoms with Crippen LogP contribution >= 0.6 is 22.6 Å². The van der Waals surface area contributed by atoms with Crippen LogP contribution in [0.2, 0.25) is 0 Å². The lowest BCUT2D eigenvalue weighted by Crippen LogP contribution is -2.31. The maximum atomic E-state index is 14.7. The number of rotatable bonds is 7. The number of ether oxygens (including phenoxy) is 1. The number of urea groups is 1. The van der Waals surface area contributed by atoms with E-state index >= 15 is 0 Å². The van der Waals surface area contributed by atoms with Gasteiger partial charge in [0.1, 0.15) is 22.9 Å². The molecule has 0 atom stereocenters. The molecule has 1 aliphatic rings. The summed E-state index contributed by atoms with van der Waals surface area (Å²) in [7, 11) is 3.00. The molecular formula is C25H25FIN5O4. The quantitative estimate of drug-likeness (QED) is 0.294. The van der Waals surface area contributed by atoms with Gasteiger partial charge in [-0.1, -0.05) is 6.07 Å². The summed E-state index contributed by atoms with van der Waals surface area (Å²) in [4.78, 5) is 38.3. The van der Waals surface area contributed by atoms with Crippen molar-refractivity contribution in [2.75, 3.05) is 17.7 Å². The van der Waals surface area contributed by atoms with E-state index in [1.165, 1.54) is 24.7 Å². The number of halogens is 2. The van der Waals surface area contributed by atoms with Crippen molar-refractivity contribution < 1.29 is 18.7 Å². The van der Waals surface area contributed by atoms with Gasteiger partial charge >= 0.3 is 6.03 Å². The van der Waals surface area contributed by atoms with Crippen molar-refractivity contribution in [2.45, 2.75) is 25.8 Å². The Bertz CT molecular complexity index is 1400. The first-order valence-corrected chi connectivity index (χ1v) is 12.3. The second kappa shape index (κ2) is 10.6. The average Bonchev–Trinajstić information content (AvgIpc) is 3.66. The van der Waals surface area contributed by atoms with Crippen LogP contribution in [-0.4, -0.2) is 29.6 Å². The lowest BCUT2D eigenvalue weighted by atomic mass is 10.1. The summed E-state index contributed by atoms with van der Waals surface area (Å²) >= 11 is 2.00. The molecule has 0 bridgehead atoms. The van der Waals surface area contributed by atoms with Gasteiger partial charge in [0.25, 0.3) is 11.5 Å². The number of anilines is 3. The maximum Gasteiger partial charge on any atom is 0.318 e. The minimum absolute atomic E-state index is 0.0332. The fourth-order valence-electron chi connectivity index (χ4n) is 3.55. The number of pyridine rings is 1. The van der Waals surface area contributed by atoms with Gasteiger partial charge in [-0.2, -0.15) is 0 Å². The van der Waals surface area contributed by atoms with Gasteiger partial charge in [0.2, 0.25) is 0 Å². The van der Waals surface area contributed by atoms with Crippen molar-refractivity contribution in [2.24, 2.45) is 7.05 Å². The van der Waals surface area contributed by atoms with Gasteiger partial charge in [0, 0.05) is 35.5 Å². The third kappa shape index (κ3) is 5.61. The minimum Gasteiger partial charge on any atom is -0.456 e. The van der Waals surface area contributed by atoms with Crippen LogP contribution in [0.3, 0.4) is 0 Å². The van der Waals surface area contributed by atoms with Crippen LogP contribution in [0.25, 0.3) is 0 Å². The van der Waals surface area contributed by atoms with Gasteiger partial charge in [0.15, 0.2) is 5.75 Å². The van der Waals surface area contributed by atoms with E-state index in [2.05, 4.69) is 21.3 Å². The molecule has 11 heteroatoms. The average molecular weight is 605 g/mol. The zero-order chi connectivity index (χ0) is 26.0. The number of carbonyl (C=O) groups excluding carboxylic acids is 2. The van der Waals surface area contributed by atoms with Crippen LogP contribution in [0, 0.1) is 16.3 Å². The summed E-state index contributed by atoms with van der Waals surface area (Å²) < 4.78 is 22.8. The smallest absolute Gasteiger partial charge is 0.318 e. The third-order valence-corrected chi connectivity index (χ3v) is 6.30. The fourth-order valence-corrected chi connectivity index (χ4v) is 4.00. The number of aromatic nitrogens is 1. The first-order valence-electron chi connectivity index (χ1n) is 11.2. The number of carbonyl (C=O) groups is 2. The van der Waals surface area contributed by atoms with E-state index in [0.717, 1.165) is 12.8 Å². The predicted molar refractivity (Wildman–Crippen MR) is 144 cm³/mol. The molecule has 188 valence electrons. The highest BCUT2D eigenvalue weighted by Crippen LogP contribution is 2.35. The molecule has 3 aromatic rings. The van der Waals surface area contributed by atoms with Crippen LogP contribution in [0.5, 0.6) is 11.5 Å². The summed E-state index contributed by atoms with van der Waals surface area (Å²) in [6.07, 6.45) is 1.71. The van der Waals surface area contributed by atoms with Crippen LogP contribution in [-0.2, 0) is 7.05 Å². The molecule has 3 amide bonds. The van der Waals surface area contributed by atoms with E-state index in [0.29, 0.717) is 15.0 Å². The first kappa shape index (κ1) is 25.5. The van der Waals surface area contributed by atoms with Crippen molar-refractivity contribution in [1.82, 2.24) is 15.2 Å². The fraction of sp³-hybridized carbons (Fsp3) is 0.240. The Balaban J connectivity index is 1.83. The highest BCUT2D eigenvalue weighted by atomic mass is 127. The van der Waals surface area contributed by atoms with Gasteiger partial charge in [-0.05, 0) is 72.7 Å². The van der Waals surface area contributed by atoms with Crippen LogP contribution < -0.4 is 31.6 Å². The number of benzene rings is 2. The van der Waals surface area contributed by atoms with E-state index < -0.39 is 23.3 Å². The van der Waals surface area contributed by atoms with Gasteiger partial charge in [-0.25, -0.2) is 9.18 Å². The topological polar surface area (TPSA) is 113 Å². The molecular weight excluding hydrogens is 580 g/mol. The SMILES string of the molecule is CNC(=O)Nc1cccc(Oc2c(C(=O)NC3CC3)c(Nc3ccc(I)cc3F)n(C)c(=O)c2C)c1. The Morgan fingerprint density at radius 3 is 2.58 bits per heavy atom. The zero-order valence-electron chi connectivity index (χ0n) is 19.9. The minimum atomic E-state index is -0.529. The molecule has 2 aromatic carbocycles. The molecule has 1 aliphatic carbocycles. The molecule has 0 radical (unpaired) electrons. The summed E-state index contributed by atoms with van der Waals surface area (Å²) in [5, 5.41) is 11.0.